The lowest BCUT2D eigenvalue weighted by Gasteiger charge is -2.26. The van der Waals surface area contributed by atoms with Crippen molar-refractivity contribution in [1.29, 1.82) is 0 Å². The van der Waals surface area contributed by atoms with Crippen molar-refractivity contribution in [2.75, 3.05) is 13.6 Å². The van der Waals surface area contributed by atoms with Crippen molar-refractivity contribution in [2.24, 2.45) is 5.92 Å². The number of aldehydes is 1. The van der Waals surface area contributed by atoms with Crippen LogP contribution in [0.1, 0.15) is 75.9 Å². The summed E-state index contributed by atoms with van der Waals surface area (Å²) < 4.78 is 11.0. The Labute approximate surface area is 180 Å². The van der Waals surface area contributed by atoms with Gasteiger partial charge in [0.2, 0.25) is 0 Å². The maximum atomic E-state index is 12.8. The number of hydrogen-bond donors (Lipinski definition) is 0. The molecule has 6 nitrogen and oxygen atoms in total. The number of esters is 1. The minimum atomic E-state index is -0.580. The summed E-state index contributed by atoms with van der Waals surface area (Å²) in [5, 5.41) is 0. The van der Waals surface area contributed by atoms with Crippen molar-refractivity contribution >= 4 is 18.3 Å². The molecule has 0 radical (unpaired) electrons. The van der Waals surface area contributed by atoms with E-state index in [0.29, 0.717) is 31.4 Å². The Morgan fingerprint density at radius 3 is 2.17 bits per heavy atom. The summed E-state index contributed by atoms with van der Waals surface area (Å²) in [6.07, 6.45) is 2.10. The van der Waals surface area contributed by atoms with Crippen molar-refractivity contribution < 1.29 is 23.9 Å². The molecule has 0 aromatic heterocycles. The van der Waals surface area contributed by atoms with Gasteiger partial charge >= 0.3 is 12.1 Å². The molecule has 1 aromatic rings. The number of amides is 1. The van der Waals surface area contributed by atoms with E-state index in [1.165, 1.54) is 4.90 Å². The summed E-state index contributed by atoms with van der Waals surface area (Å²) in [7, 11) is 1.69. The summed E-state index contributed by atoms with van der Waals surface area (Å²) in [6, 6.07) is 5.61. The second kappa shape index (κ2) is 10.6. The van der Waals surface area contributed by atoms with Crippen LogP contribution in [0.2, 0.25) is 0 Å². The Bertz CT molecular complexity index is 743. The van der Waals surface area contributed by atoms with Gasteiger partial charge in [0.05, 0.1) is 5.92 Å². The fourth-order valence-corrected chi connectivity index (χ4v) is 3.06. The van der Waals surface area contributed by atoms with E-state index in [1.54, 1.807) is 7.05 Å². The first kappa shape index (κ1) is 25.7. The van der Waals surface area contributed by atoms with Crippen LogP contribution in [0.25, 0.3) is 0 Å². The van der Waals surface area contributed by atoms with E-state index in [-0.39, 0.29) is 18.0 Å². The highest BCUT2D eigenvalue weighted by Gasteiger charge is 2.26. The molecule has 0 bridgehead atoms. The molecule has 0 aliphatic rings. The van der Waals surface area contributed by atoms with Crippen LogP contribution in [-0.4, -0.2) is 48.0 Å². The van der Waals surface area contributed by atoms with Crippen LogP contribution in [0.3, 0.4) is 0 Å². The minimum Gasteiger partial charge on any atom is -0.460 e. The number of aryl methyl sites for hydroxylation is 1. The van der Waals surface area contributed by atoms with Crippen LogP contribution >= 0.6 is 0 Å². The molecule has 30 heavy (non-hydrogen) atoms. The van der Waals surface area contributed by atoms with E-state index in [4.69, 9.17) is 9.47 Å². The average Bonchev–Trinajstić information content (AvgIpc) is 2.57. The maximum Gasteiger partial charge on any atom is 0.410 e. The lowest BCUT2D eigenvalue weighted by atomic mass is 9.92. The summed E-state index contributed by atoms with van der Waals surface area (Å²) in [5.41, 5.74) is 1.36. The first-order valence-corrected chi connectivity index (χ1v) is 10.4. The van der Waals surface area contributed by atoms with Gasteiger partial charge in [-0.3, -0.25) is 9.59 Å². The van der Waals surface area contributed by atoms with Crippen LogP contribution in [0.15, 0.2) is 18.2 Å². The summed E-state index contributed by atoms with van der Waals surface area (Å²) >= 11 is 0. The van der Waals surface area contributed by atoms with Gasteiger partial charge in [-0.1, -0.05) is 11.6 Å². The molecular weight excluding hydrogens is 382 g/mol. The smallest absolute Gasteiger partial charge is 0.410 e. The van der Waals surface area contributed by atoms with Crippen LogP contribution in [-0.2, 0) is 20.7 Å². The first-order valence-electron chi connectivity index (χ1n) is 10.4. The van der Waals surface area contributed by atoms with Crippen molar-refractivity contribution in [3.63, 3.8) is 0 Å². The van der Waals surface area contributed by atoms with Crippen molar-refractivity contribution in [2.45, 2.75) is 78.9 Å². The predicted octanol–water partition coefficient (Wildman–Crippen LogP) is 4.96. The Kier molecular flexibility index (Phi) is 9.07. The fourth-order valence-electron chi connectivity index (χ4n) is 3.06. The molecule has 0 spiro atoms. The molecule has 168 valence electrons. The number of rotatable bonds is 8. The van der Waals surface area contributed by atoms with Gasteiger partial charge in [0, 0.05) is 19.2 Å². The normalized spacial score (nSPS) is 12.8. The third kappa shape index (κ3) is 9.90. The lowest BCUT2D eigenvalue weighted by molar-refractivity contribution is -0.160. The van der Waals surface area contributed by atoms with Crippen molar-refractivity contribution in [3.05, 3.63) is 34.9 Å². The third-order valence-electron chi connectivity index (χ3n) is 4.27. The minimum absolute atomic E-state index is 0.267. The summed E-state index contributed by atoms with van der Waals surface area (Å²) in [4.78, 5) is 37.6. The van der Waals surface area contributed by atoms with E-state index in [0.717, 1.165) is 17.4 Å². The second-order valence-electron chi connectivity index (χ2n) is 9.85. The Balaban J connectivity index is 2.84. The number of ether oxygens (including phenoxy) is 2. The van der Waals surface area contributed by atoms with Crippen LogP contribution in [0, 0.1) is 12.8 Å². The predicted molar refractivity (Wildman–Crippen MR) is 118 cm³/mol. The van der Waals surface area contributed by atoms with E-state index in [1.807, 2.05) is 66.7 Å². The SMILES string of the molecule is Cc1cc(C=O)cc(CC(CCCN(C)C(=O)OC(C)(C)C)C(=O)OC(C)(C)C)c1. The highest BCUT2D eigenvalue weighted by Crippen LogP contribution is 2.21. The van der Waals surface area contributed by atoms with Gasteiger partial charge in [0.1, 0.15) is 17.5 Å². The largest absolute Gasteiger partial charge is 0.460 e. The Morgan fingerprint density at radius 2 is 1.63 bits per heavy atom. The topological polar surface area (TPSA) is 72.9 Å². The maximum absolute atomic E-state index is 12.8. The molecule has 0 aliphatic heterocycles. The number of benzene rings is 1. The molecular formula is C24H37NO5. The highest BCUT2D eigenvalue weighted by atomic mass is 16.6. The van der Waals surface area contributed by atoms with Gasteiger partial charge in [0.15, 0.2) is 0 Å². The monoisotopic (exact) mass is 419 g/mol. The van der Waals surface area contributed by atoms with Gasteiger partial charge in [-0.2, -0.15) is 0 Å². The van der Waals surface area contributed by atoms with Crippen LogP contribution in [0.5, 0.6) is 0 Å². The number of carbonyl (C=O) groups excluding carboxylic acids is 3. The van der Waals surface area contributed by atoms with Gasteiger partial charge in [-0.25, -0.2) is 4.79 Å². The molecule has 0 fully saturated rings. The molecule has 1 unspecified atom stereocenters. The summed E-state index contributed by atoms with van der Waals surface area (Å²) in [6.45, 7) is 13.4. The molecule has 1 aromatic carbocycles. The zero-order chi connectivity index (χ0) is 23.1. The number of hydrogen-bond acceptors (Lipinski definition) is 5. The standard InChI is InChI=1S/C24H37NO5/c1-17-12-18(14-19(13-17)16-26)15-20(21(27)29-23(2,3)4)10-9-11-25(8)22(28)30-24(5,6)7/h12-14,16,20H,9-11,15H2,1-8H3. The van der Waals surface area contributed by atoms with Gasteiger partial charge in [-0.15, -0.1) is 0 Å². The Morgan fingerprint density at radius 1 is 1.03 bits per heavy atom. The quantitative estimate of drug-likeness (QED) is 0.440. The molecule has 0 N–H and O–H groups in total. The number of carbonyl (C=O) groups is 3. The Hall–Kier alpha value is -2.37. The second-order valence-corrected chi connectivity index (χ2v) is 9.85. The number of nitrogens with zero attached hydrogens (tertiary/aromatic N) is 1. The van der Waals surface area contributed by atoms with E-state index in [2.05, 4.69) is 0 Å². The molecule has 0 aliphatic carbocycles. The third-order valence-corrected chi connectivity index (χ3v) is 4.27. The van der Waals surface area contributed by atoms with Crippen molar-refractivity contribution in [3.8, 4) is 0 Å². The summed E-state index contributed by atoms with van der Waals surface area (Å²) in [5.74, 6) is -0.630. The molecule has 6 heteroatoms. The molecule has 0 saturated carbocycles. The van der Waals surface area contributed by atoms with Gasteiger partial charge in [-0.05, 0) is 85.4 Å². The van der Waals surface area contributed by atoms with Crippen LogP contribution in [0.4, 0.5) is 4.79 Å². The van der Waals surface area contributed by atoms with Crippen LogP contribution < -0.4 is 0 Å². The van der Waals surface area contributed by atoms with Gasteiger partial charge in [0.25, 0.3) is 0 Å². The molecule has 1 amide bonds. The first-order chi connectivity index (χ1) is 13.7. The van der Waals surface area contributed by atoms with E-state index < -0.39 is 11.2 Å². The molecule has 0 saturated heterocycles. The zero-order valence-corrected chi connectivity index (χ0v) is 19.7. The fraction of sp³-hybridized carbons (Fsp3) is 0.625. The molecule has 0 heterocycles. The highest BCUT2D eigenvalue weighted by molar-refractivity contribution is 5.76. The van der Waals surface area contributed by atoms with E-state index >= 15 is 0 Å². The average molecular weight is 420 g/mol. The molecule has 1 rings (SSSR count). The zero-order valence-electron chi connectivity index (χ0n) is 19.7. The van der Waals surface area contributed by atoms with Gasteiger partial charge < -0.3 is 14.4 Å². The van der Waals surface area contributed by atoms with E-state index in [9.17, 15) is 14.4 Å². The van der Waals surface area contributed by atoms with Crippen molar-refractivity contribution in [1.82, 2.24) is 4.90 Å². The lowest BCUT2D eigenvalue weighted by Crippen LogP contribution is -2.35. The molecule has 1 atom stereocenters.